The Morgan fingerprint density at radius 3 is 2.81 bits per heavy atom. The molecule has 0 aliphatic rings. The summed E-state index contributed by atoms with van der Waals surface area (Å²) >= 11 is 0. The molecule has 2 heterocycles. The zero-order chi connectivity index (χ0) is 19.4. The second kappa shape index (κ2) is 7.75. The molecule has 0 bridgehead atoms. The number of carbonyl (C=O) groups is 1. The standard InChI is InChI=1S/C18H20N4O4S/c1-3-26-18-16(9-6-10-19-18)27(24,25)21-17(23)13(2)12-22-15-8-5-4-7-14(15)11-20-22/h4-11,13H,3,12H2,1-2H3,(H,21,23). The molecule has 3 aromatic rings. The van der Waals surface area contributed by atoms with Gasteiger partial charge in [0.1, 0.15) is 4.90 Å². The van der Waals surface area contributed by atoms with Crippen molar-refractivity contribution in [2.24, 2.45) is 5.92 Å². The number of sulfonamides is 1. The quantitative estimate of drug-likeness (QED) is 0.664. The Labute approximate surface area is 157 Å². The highest BCUT2D eigenvalue weighted by Crippen LogP contribution is 2.21. The van der Waals surface area contributed by atoms with Crippen LogP contribution >= 0.6 is 0 Å². The predicted molar refractivity (Wildman–Crippen MR) is 99.6 cm³/mol. The number of rotatable bonds is 7. The molecule has 0 radical (unpaired) electrons. The fourth-order valence-corrected chi connectivity index (χ4v) is 3.80. The van der Waals surface area contributed by atoms with Crippen LogP contribution in [0.3, 0.4) is 0 Å². The fraction of sp³-hybridized carbons (Fsp3) is 0.278. The molecule has 142 valence electrons. The topological polar surface area (TPSA) is 103 Å². The van der Waals surface area contributed by atoms with E-state index in [4.69, 9.17) is 4.74 Å². The second-order valence-corrected chi connectivity index (χ2v) is 7.65. The van der Waals surface area contributed by atoms with Crippen LogP contribution in [0.25, 0.3) is 10.9 Å². The lowest BCUT2D eigenvalue weighted by molar-refractivity contribution is -0.123. The van der Waals surface area contributed by atoms with E-state index in [2.05, 4.69) is 14.8 Å². The highest BCUT2D eigenvalue weighted by Gasteiger charge is 2.26. The highest BCUT2D eigenvalue weighted by molar-refractivity contribution is 7.90. The minimum Gasteiger partial charge on any atom is -0.477 e. The number of ether oxygens (including phenoxy) is 1. The predicted octanol–water partition coefficient (Wildman–Crippen LogP) is 1.97. The number of nitrogens with one attached hydrogen (secondary N) is 1. The van der Waals surface area contributed by atoms with Crippen LogP contribution in [-0.4, -0.2) is 35.7 Å². The summed E-state index contributed by atoms with van der Waals surface area (Å²) in [6.45, 7) is 3.88. The van der Waals surface area contributed by atoms with Crippen molar-refractivity contribution in [3.63, 3.8) is 0 Å². The molecule has 0 saturated carbocycles. The van der Waals surface area contributed by atoms with Crippen molar-refractivity contribution in [1.29, 1.82) is 0 Å². The van der Waals surface area contributed by atoms with Gasteiger partial charge in [0.15, 0.2) is 0 Å². The van der Waals surface area contributed by atoms with Crippen molar-refractivity contribution in [3.8, 4) is 5.88 Å². The van der Waals surface area contributed by atoms with Gasteiger partial charge in [-0.3, -0.25) is 9.48 Å². The third-order valence-corrected chi connectivity index (χ3v) is 5.35. The summed E-state index contributed by atoms with van der Waals surface area (Å²) in [5.74, 6) is -1.28. The Bertz CT molecular complexity index is 1060. The first kappa shape index (κ1) is 18.8. The van der Waals surface area contributed by atoms with E-state index in [-0.39, 0.29) is 23.9 Å². The van der Waals surface area contributed by atoms with Gasteiger partial charge in [-0.05, 0) is 25.1 Å². The molecule has 1 N–H and O–H groups in total. The van der Waals surface area contributed by atoms with E-state index in [1.807, 2.05) is 24.3 Å². The Balaban J connectivity index is 1.76. The molecule has 3 rings (SSSR count). The van der Waals surface area contributed by atoms with Gasteiger partial charge in [-0.2, -0.15) is 5.10 Å². The van der Waals surface area contributed by atoms with Crippen LogP contribution in [0.15, 0.2) is 53.7 Å². The maximum atomic E-state index is 12.6. The summed E-state index contributed by atoms with van der Waals surface area (Å²) in [5, 5.41) is 5.22. The third kappa shape index (κ3) is 4.08. The minimum absolute atomic E-state index is 0.0361. The molecule has 27 heavy (non-hydrogen) atoms. The van der Waals surface area contributed by atoms with Crippen LogP contribution in [0.5, 0.6) is 5.88 Å². The molecule has 0 fully saturated rings. The van der Waals surface area contributed by atoms with Crippen molar-refractivity contribution in [2.45, 2.75) is 25.3 Å². The summed E-state index contributed by atoms with van der Waals surface area (Å²) in [4.78, 5) is 16.2. The van der Waals surface area contributed by atoms with Gasteiger partial charge in [-0.25, -0.2) is 18.1 Å². The number of carbonyl (C=O) groups excluding carboxylic acids is 1. The maximum absolute atomic E-state index is 12.6. The molecule has 8 nitrogen and oxygen atoms in total. The first-order chi connectivity index (χ1) is 12.9. The molecule has 0 aliphatic heterocycles. The summed E-state index contributed by atoms with van der Waals surface area (Å²) in [6.07, 6.45) is 3.14. The molecule has 9 heteroatoms. The van der Waals surface area contributed by atoms with Crippen LogP contribution in [0.4, 0.5) is 0 Å². The van der Waals surface area contributed by atoms with Crippen LogP contribution in [-0.2, 0) is 21.4 Å². The molecular formula is C18H20N4O4S. The summed E-state index contributed by atoms with van der Waals surface area (Å²) in [7, 11) is -4.10. The van der Waals surface area contributed by atoms with E-state index in [1.165, 1.54) is 18.3 Å². The number of benzene rings is 1. The van der Waals surface area contributed by atoms with Gasteiger partial charge < -0.3 is 4.74 Å². The monoisotopic (exact) mass is 388 g/mol. The van der Waals surface area contributed by atoms with E-state index in [0.29, 0.717) is 0 Å². The van der Waals surface area contributed by atoms with Gasteiger partial charge in [-0.15, -0.1) is 0 Å². The van der Waals surface area contributed by atoms with E-state index < -0.39 is 21.8 Å². The lowest BCUT2D eigenvalue weighted by Gasteiger charge is -2.14. The van der Waals surface area contributed by atoms with E-state index in [1.54, 1.807) is 24.7 Å². The van der Waals surface area contributed by atoms with Gasteiger partial charge >= 0.3 is 0 Å². The van der Waals surface area contributed by atoms with E-state index in [9.17, 15) is 13.2 Å². The van der Waals surface area contributed by atoms with Crippen molar-refractivity contribution < 1.29 is 17.9 Å². The van der Waals surface area contributed by atoms with Crippen molar-refractivity contribution in [2.75, 3.05) is 6.61 Å². The third-order valence-electron chi connectivity index (χ3n) is 3.99. The molecule has 2 aromatic heterocycles. The van der Waals surface area contributed by atoms with Crippen molar-refractivity contribution in [3.05, 3.63) is 48.8 Å². The van der Waals surface area contributed by atoms with E-state index >= 15 is 0 Å². The molecule has 0 saturated heterocycles. The zero-order valence-electron chi connectivity index (χ0n) is 15.0. The molecule has 1 atom stereocenters. The minimum atomic E-state index is -4.10. The number of hydrogen-bond donors (Lipinski definition) is 1. The molecule has 1 unspecified atom stereocenters. The van der Waals surface area contributed by atoms with Gasteiger partial charge in [0, 0.05) is 11.6 Å². The number of nitrogens with zero attached hydrogens (tertiary/aromatic N) is 3. The fourth-order valence-electron chi connectivity index (χ4n) is 2.63. The normalized spacial score (nSPS) is 12.7. The number of aromatic nitrogens is 3. The SMILES string of the molecule is CCOc1ncccc1S(=O)(=O)NC(=O)C(C)Cn1ncc2ccccc21. The Morgan fingerprint density at radius 2 is 2.04 bits per heavy atom. The number of fused-ring (bicyclic) bond motifs is 1. The number of hydrogen-bond acceptors (Lipinski definition) is 6. The average molecular weight is 388 g/mol. The van der Waals surface area contributed by atoms with Crippen molar-refractivity contribution >= 4 is 26.8 Å². The lowest BCUT2D eigenvalue weighted by atomic mass is 10.1. The van der Waals surface area contributed by atoms with Gasteiger partial charge in [0.2, 0.25) is 11.8 Å². The first-order valence-corrected chi connectivity index (χ1v) is 9.95. The van der Waals surface area contributed by atoms with Crippen LogP contribution in [0, 0.1) is 5.92 Å². The summed E-state index contributed by atoms with van der Waals surface area (Å²) in [5.41, 5.74) is 0.880. The number of pyridine rings is 1. The highest BCUT2D eigenvalue weighted by atomic mass is 32.2. The van der Waals surface area contributed by atoms with Crippen LogP contribution < -0.4 is 9.46 Å². The van der Waals surface area contributed by atoms with Gasteiger partial charge in [0.05, 0.1) is 30.8 Å². The van der Waals surface area contributed by atoms with Gasteiger partial charge in [-0.1, -0.05) is 25.1 Å². The second-order valence-electron chi connectivity index (χ2n) is 6.00. The zero-order valence-corrected chi connectivity index (χ0v) is 15.8. The van der Waals surface area contributed by atoms with Gasteiger partial charge in [0.25, 0.3) is 10.0 Å². The largest absolute Gasteiger partial charge is 0.477 e. The van der Waals surface area contributed by atoms with Crippen molar-refractivity contribution in [1.82, 2.24) is 19.5 Å². The van der Waals surface area contributed by atoms with E-state index in [0.717, 1.165) is 10.9 Å². The maximum Gasteiger partial charge on any atom is 0.269 e. The molecule has 0 aliphatic carbocycles. The number of para-hydroxylation sites is 1. The molecule has 1 amide bonds. The lowest BCUT2D eigenvalue weighted by Crippen LogP contribution is -2.36. The summed E-state index contributed by atoms with van der Waals surface area (Å²) < 4.78 is 34.2. The van der Waals surface area contributed by atoms with Crippen LogP contribution in [0.1, 0.15) is 13.8 Å². The molecule has 0 spiro atoms. The smallest absolute Gasteiger partial charge is 0.269 e. The number of amides is 1. The average Bonchev–Trinajstić information content (AvgIpc) is 3.05. The molecular weight excluding hydrogens is 368 g/mol. The summed E-state index contributed by atoms with van der Waals surface area (Å²) in [6, 6.07) is 10.4. The van der Waals surface area contributed by atoms with Crippen LogP contribution in [0.2, 0.25) is 0 Å². The Kier molecular flexibility index (Phi) is 5.41. The molecule has 1 aromatic carbocycles. The first-order valence-electron chi connectivity index (χ1n) is 8.47. The Hall–Kier alpha value is -2.94. The Morgan fingerprint density at radius 1 is 1.26 bits per heavy atom.